The second kappa shape index (κ2) is 8.76. The number of rotatable bonds is 6. The molecule has 1 aliphatic rings. The Morgan fingerprint density at radius 3 is 2.27 bits per heavy atom. The normalized spacial score (nSPS) is 19.5. The van der Waals surface area contributed by atoms with Crippen LogP contribution in [0.25, 0.3) is 11.1 Å². The van der Waals surface area contributed by atoms with Gasteiger partial charge in [0.05, 0.1) is 5.41 Å². The average Bonchev–Trinajstić information content (AvgIpc) is 2.77. The molecular formula is C25H26FN3O. The number of aromatic nitrogens is 1. The van der Waals surface area contributed by atoms with E-state index in [1.165, 1.54) is 12.1 Å². The molecule has 1 aliphatic heterocycles. The summed E-state index contributed by atoms with van der Waals surface area (Å²) in [4.78, 5) is 18.9. The molecule has 0 saturated carbocycles. The maximum atomic E-state index is 13.2. The summed E-state index contributed by atoms with van der Waals surface area (Å²) in [5.74, 6) is -0.483. The number of hydrogen-bond donors (Lipinski definition) is 1. The van der Waals surface area contributed by atoms with Gasteiger partial charge in [0.25, 0.3) is 0 Å². The van der Waals surface area contributed by atoms with Crippen LogP contribution in [-0.4, -0.2) is 28.9 Å². The SMILES string of the molecule is NC(=O)C1(Cc2ccc(-c3ccncc3)cc2)CCCN(Cc2ccc(F)cc2)C1. The Kier molecular flexibility index (Phi) is 5.91. The minimum Gasteiger partial charge on any atom is -0.369 e. The molecule has 2 aromatic carbocycles. The summed E-state index contributed by atoms with van der Waals surface area (Å²) in [6, 6.07) is 18.8. The number of benzene rings is 2. The number of primary amides is 1. The van der Waals surface area contributed by atoms with E-state index < -0.39 is 5.41 Å². The summed E-state index contributed by atoms with van der Waals surface area (Å²) in [5, 5.41) is 0. The maximum absolute atomic E-state index is 13.2. The van der Waals surface area contributed by atoms with Crippen molar-refractivity contribution in [1.82, 2.24) is 9.88 Å². The molecule has 0 spiro atoms. The highest BCUT2D eigenvalue weighted by molar-refractivity contribution is 5.81. The number of pyridine rings is 1. The van der Waals surface area contributed by atoms with E-state index in [1.807, 2.05) is 12.1 Å². The Morgan fingerprint density at radius 2 is 1.60 bits per heavy atom. The lowest BCUT2D eigenvalue weighted by molar-refractivity contribution is -0.131. The lowest BCUT2D eigenvalue weighted by Gasteiger charge is -2.41. The Morgan fingerprint density at radius 1 is 0.967 bits per heavy atom. The van der Waals surface area contributed by atoms with Crippen molar-refractivity contribution in [2.75, 3.05) is 13.1 Å². The summed E-state index contributed by atoms with van der Waals surface area (Å²) in [6.07, 6.45) is 5.89. The molecule has 1 atom stereocenters. The van der Waals surface area contributed by atoms with Gasteiger partial charge in [-0.05, 0) is 72.3 Å². The van der Waals surface area contributed by atoms with Gasteiger partial charge < -0.3 is 5.73 Å². The standard InChI is InChI=1S/C25H26FN3O/c26-23-8-4-20(5-9-23)17-29-15-1-12-25(18-29,24(27)30)16-19-2-6-21(7-3-19)22-10-13-28-14-11-22/h2-11,13-14H,1,12,15-18H2,(H2,27,30). The van der Waals surface area contributed by atoms with E-state index in [2.05, 4.69) is 34.1 Å². The van der Waals surface area contributed by atoms with Crippen LogP contribution in [0, 0.1) is 11.2 Å². The number of likely N-dealkylation sites (tertiary alicyclic amines) is 1. The summed E-state index contributed by atoms with van der Waals surface area (Å²) in [7, 11) is 0. The molecule has 1 aromatic heterocycles. The van der Waals surface area contributed by atoms with Crippen molar-refractivity contribution in [3.63, 3.8) is 0 Å². The van der Waals surface area contributed by atoms with Gasteiger partial charge in [0.15, 0.2) is 0 Å². The van der Waals surface area contributed by atoms with E-state index in [-0.39, 0.29) is 11.7 Å². The fraction of sp³-hybridized carbons (Fsp3) is 0.280. The minimum atomic E-state index is -0.587. The zero-order valence-corrected chi connectivity index (χ0v) is 16.9. The summed E-state index contributed by atoms with van der Waals surface area (Å²) in [5.41, 5.74) is 9.72. The third-order valence-electron chi connectivity index (χ3n) is 6.01. The number of carbonyl (C=O) groups excluding carboxylic acids is 1. The van der Waals surface area contributed by atoms with Gasteiger partial charge in [-0.3, -0.25) is 14.7 Å². The second-order valence-electron chi connectivity index (χ2n) is 8.19. The first-order chi connectivity index (χ1) is 14.5. The molecule has 154 valence electrons. The highest BCUT2D eigenvalue weighted by Gasteiger charge is 2.40. The average molecular weight is 404 g/mol. The molecule has 5 heteroatoms. The number of halogens is 1. The van der Waals surface area contributed by atoms with Gasteiger partial charge >= 0.3 is 0 Å². The zero-order chi connectivity index (χ0) is 21.0. The smallest absolute Gasteiger partial charge is 0.225 e. The Balaban J connectivity index is 1.49. The number of nitrogens with two attached hydrogens (primary N) is 1. The monoisotopic (exact) mass is 403 g/mol. The predicted molar refractivity (Wildman–Crippen MR) is 116 cm³/mol. The van der Waals surface area contributed by atoms with Crippen LogP contribution < -0.4 is 5.73 Å². The van der Waals surface area contributed by atoms with Gasteiger partial charge in [0, 0.05) is 25.5 Å². The maximum Gasteiger partial charge on any atom is 0.225 e. The van der Waals surface area contributed by atoms with E-state index in [1.54, 1.807) is 24.5 Å². The van der Waals surface area contributed by atoms with Crippen molar-refractivity contribution in [2.45, 2.75) is 25.8 Å². The van der Waals surface area contributed by atoms with Gasteiger partial charge in [-0.15, -0.1) is 0 Å². The van der Waals surface area contributed by atoms with Crippen molar-refractivity contribution in [3.05, 3.63) is 90.0 Å². The molecule has 3 aromatic rings. The van der Waals surface area contributed by atoms with Gasteiger partial charge in [0.1, 0.15) is 5.82 Å². The van der Waals surface area contributed by atoms with E-state index in [0.717, 1.165) is 41.6 Å². The highest BCUT2D eigenvalue weighted by atomic mass is 19.1. The van der Waals surface area contributed by atoms with Crippen molar-refractivity contribution >= 4 is 5.91 Å². The van der Waals surface area contributed by atoms with Gasteiger partial charge in [0.2, 0.25) is 5.91 Å². The Hall–Kier alpha value is -3.05. The summed E-state index contributed by atoms with van der Waals surface area (Å²) in [6.45, 7) is 2.22. The van der Waals surface area contributed by atoms with E-state index in [0.29, 0.717) is 19.5 Å². The topological polar surface area (TPSA) is 59.2 Å². The molecule has 1 saturated heterocycles. The molecule has 30 heavy (non-hydrogen) atoms. The van der Waals surface area contributed by atoms with Gasteiger partial charge in [-0.25, -0.2) is 4.39 Å². The molecule has 2 heterocycles. The predicted octanol–water partition coefficient (Wildman–Crippen LogP) is 4.20. The van der Waals surface area contributed by atoms with E-state index >= 15 is 0 Å². The fourth-order valence-electron chi connectivity index (χ4n) is 4.39. The van der Waals surface area contributed by atoms with Crippen molar-refractivity contribution < 1.29 is 9.18 Å². The van der Waals surface area contributed by atoms with Crippen LogP contribution in [0.2, 0.25) is 0 Å². The quantitative estimate of drug-likeness (QED) is 0.671. The van der Waals surface area contributed by atoms with Gasteiger partial charge in [-0.2, -0.15) is 0 Å². The first-order valence-corrected chi connectivity index (χ1v) is 10.3. The van der Waals surface area contributed by atoms with Gasteiger partial charge in [-0.1, -0.05) is 36.4 Å². The molecular weight excluding hydrogens is 377 g/mol. The third-order valence-corrected chi connectivity index (χ3v) is 6.01. The molecule has 4 nitrogen and oxygen atoms in total. The van der Waals surface area contributed by atoms with Crippen molar-refractivity contribution in [3.8, 4) is 11.1 Å². The number of nitrogens with zero attached hydrogens (tertiary/aromatic N) is 2. The van der Waals surface area contributed by atoms with Crippen LogP contribution in [0.1, 0.15) is 24.0 Å². The van der Waals surface area contributed by atoms with Crippen molar-refractivity contribution in [1.29, 1.82) is 0 Å². The number of amides is 1. The lowest BCUT2D eigenvalue weighted by Crippen LogP contribution is -2.51. The Labute approximate surface area is 176 Å². The minimum absolute atomic E-state index is 0.237. The van der Waals surface area contributed by atoms with Crippen LogP contribution in [0.4, 0.5) is 4.39 Å². The van der Waals surface area contributed by atoms with Crippen LogP contribution >= 0.6 is 0 Å². The van der Waals surface area contributed by atoms with E-state index in [4.69, 9.17) is 5.73 Å². The number of hydrogen-bond acceptors (Lipinski definition) is 3. The van der Waals surface area contributed by atoms with Crippen LogP contribution in [-0.2, 0) is 17.8 Å². The largest absolute Gasteiger partial charge is 0.369 e. The molecule has 0 aliphatic carbocycles. The number of piperidine rings is 1. The Bertz CT molecular complexity index is 989. The van der Waals surface area contributed by atoms with Crippen LogP contribution in [0.3, 0.4) is 0 Å². The lowest BCUT2D eigenvalue weighted by atomic mass is 9.74. The first kappa shape index (κ1) is 20.2. The zero-order valence-electron chi connectivity index (χ0n) is 16.9. The second-order valence-corrected chi connectivity index (χ2v) is 8.19. The highest BCUT2D eigenvalue weighted by Crippen LogP contribution is 2.35. The van der Waals surface area contributed by atoms with Crippen LogP contribution in [0.15, 0.2) is 73.1 Å². The molecule has 4 rings (SSSR count). The fourth-order valence-corrected chi connectivity index (χ4v) is 4.39. The summed E-state index contributed by atoms with van der Waals surface area (Å²) >= 11 is 0. The first-order valence-electron chi connectivity index (χ1n) is 10.3. The summed E-state index contributed by atoms with van der Waals surface area (Å²) < 4.78 is 13.2. The molecule has 1 amide bonds. The number of carbonyl (C=O) groups is 1. The van der Waals surface area contributed by atoms with E-state index in [9.17, 15) is 9.18 Å². The third kappa shape index (κ3) is 4.57. The van der Waals surface area contributed by atoms with Crippen molar-refractivity contribution in [2.24, 2.45) is 11.1 Å². The molecule has 0 bridgehead atoms. The molecule has 0 radical (unpaired) electrons. The molecule has 2 N–H and O–H groups in total. The van der Waals surface area contributed by atoms with Crippen LogP contribution in [0.5, 0.6) is 0 Å². The molecule has 1 fully saturated rings. The molecule has 1 unspecified atom stereocenters.